The topological polar surface area (TPSA) is 70.5 Å². The molecule has 0 fully saturated rings. The van der Waals surface area contributed by atoms with Gasteiger partial charge in [-0.1, -0.05) is 0 Å². The number of ether oxygens (including phenoxy) is 2. The van der Waals surface area contributed by atoms with E-state index < -0.39 is 0 Å². The zero-order valence-corrected chi connectivity index (χ0v) is 18.1. The van der Waals surface area contributed by atoms with Gasteiger partial charge in [0, 0.05) is 22.9 Å². The summed E-state index contributed by atoms with van der Waals surface area (Å²) in [5, 5.41) is 0. The Labute approximate surface area is 184 Å². The molecule has 0 atom stereocenters. The fourth-order valence-corrected chi connectivity index (χ4v) is 2.22. The Balaban J connectivity index is 0.000000200. The summed E-state index contributed by atoms with van der Waals surface area (Å²) < 4.78 is 11.1. The maximum atomic E-state index is 5.56. The fourth-order valence-electron chi connectivity index (χ4n) is 2.22. The first-order chi connectivity index (χ1) is 13.7. The number of rotatable bonds is 4. The van der Waals surface area contributed by atoms with Crippen LogP contribution in [0.25, 0.3) is 0 Å². The average molecular weight is 559 g/mol. The van der Waals surface area contributed by atoms with E-state index in [2.05, 4.69) is 12.1 Å². The molecule has 146 valence electrons. The van der Waals surface area contributed by atoms with Crippen molar-refractivity contribution in [3.63, 3.8) is 0 Å². The van der Waals surface area contributed by atoms with Gasteiger partial charge in [0.15, 0.2) is 0 Å². The number of nitrogen functional groups attached to an aromatic ring is 2. The van der Waals surface area contributed by atoms with Crippen molar-refractivity contribution >= 4 is 11.4 Å². The van der Waals surface area contributed by atoms with Crippen molar-refractivity contribution < 1.29 is 29.3 Å². The number of hydrogen-bond donors (Lipinski definition) is 2. The summed E-state index contributed by atoms with van der Waals surface area (Å²) >= 11 is 0. The van der Waals surface area contributed by atoms with Crippen molar-refractivity contribution in [1.29, 1.82) is 0 Å². The summed E-state index contributed by atoms with van der Waals surface area (Å²) in [6, 6.07) is 35.1. The van der Waals surface area contributed by atoms with Crippen LogP contribution in [0.4, 0.5) is 11.4 Å². The molecule has 0 aliphatic carbocycles. The van der Waals surface area contributed by atoms with E-state index in [9.17, 15) is 0 Å². The van der Waals surface area contributed by atoms with Crippen LogP contribution in [-0.4, -0.2) is 0 Å². The maximum absolute atomic E-state index is 5.56. The number of benzene rings is 4. The molecule has 0 aliphatic heterocycles. The number of hydrogen-bond acceptors (Lipinski definition) is 4. The normalized spacial score (nSPS) is 9.38. The summed E-state index contributed by atoms with van der Waals surface area (Å²) in [7, 11) is 0. The maximum Gasteiger partial charge on any atom is 2.00 e. The molecule has 0 amide bonds. The minimum Gasteiger partial charge on any atom is -0.483 e. The summed E-state index contributed by atoms with van der Waals surface area (Å²) in [5.74, 6) is 3.16. The summed E-state index contributed by atoms with van der Waals surface area (Å²) in [6.07, 6.45) is 0. The van der Waals surface area contributed by atoms with Gasteiger partial charge in [-0.25, -0.2) is 0 Å². The smallest absolute Gasteiger partial charge is 0.483 e. The van der Waals surface area contributed by atoms with Crippen molar-refractivity contribution in [2.24, 2.45) is 0 Å². The summed E-state index contributed by atoms with van der Waals surface area (Å²) in [4.78, 5) is 0. The fraction of sp³-hybridized carbons (Fsp3) is 0. The van der Waals surface area contributed by atoms with Gasteiger partial charge >= 0.3 is 19.8 Å². The van der Waals surface area contributed by atoms with Gasteiger partial charge in [0.1, 0.15) is 11.5 Å². The third-order valence-electron chi connectivity index (χ3n) is 3.61. The SMILES string of the molecule is Nc1ccc(Oc2cc[c-]cc2)cc1.Nc1ccc(Oc2cc[c-]cc2)cc1.[Os+2]. The Morgan fingerprint density at radius 2 is 0.724 bits per heavy atom. The largest absolute Gasteiger partial charge is 2.00 e. The van der Waals surface area contributed by atoms with Crippen LogP contribution in [0.2, 0.25) is 0 Å². The second kappa shape index (κ2) is 11.5. The number of nitrogens with two attached hydrogens (primary N) is 2. The standard InChI is InChI=1S/2C12H10NO.Os/c2*13-10-6-8-12(9-7-10)14-11-4-2-1-3-5-11;/h2*2-9H,13H2;/q2*-1;+2. The first kappa shape index (κ1) is 22.0. The van der Waals surface area contributed by atoms with Crippen LogP contribution in [0, 0.1) is 12.1 Å². The van der Waals surface area contributed by atoms with Gasteiger partial charge in [0.2, 0.25) is 0 Å². The molecule has 0 aliphatic rings. The predicted octanol–water partition coefficient (Wildman–Crippen LogP) is 5.72. The van der Waals surface area contributed by atoms with Gasteiger partial charge in [-0.3, -0.25) is 0 Å². The van der Waals surface area contributed by atoms with Crippen molar-refractivity contribution in [2.75, 3.05) is 11.5 Å². The second-order valence-corrected chi connectivity index (χ2v) is 5.81. The van der Waals surface area contributed by atoms with Crippen LogP contribution >= 0.6 is 0 Å². The van der Waals surface area contributed by atoms with Crippen molar-refractivity contribution in [3.8, 4) is 23.0 Å². The van der Waals surface area contributed by atoms with Crippen LogP contribution in [0.5, 0.6) is 23.0 Å². The third-order valence-corrected chi connectivity index (χ3v) is 3.61. The first-order valence-corrected chi connectivity index (χ1v) is 8.68. The molecule has 0 saturated carbocycles. The van der Waals surface area contributed by atoms with E-state index in [0.717, 1.165) is 34.4 Å². The molecule has 0 radical (unpaired) electrons. The Morgan fingerprint density at radius 3 is 1.03 bits per heavy atom. The minimum absolute atomic E-state index is 0. The van der Waals surface area contributed by atoms with Gasteiger partial charge in [-0.2, -0.15) is 36.4 Å². The van der Waals surface area contributed by atoms with Gasteiger partial charge in [0.25, 0.3) is 0 Å². The van der Waals surface area contributed by atoms with E-state index in [4.69, 9.17) is 20.9 Å². The molecule has 0 spiro atoms. The molecule has 5 heteroatoms. The molecule has 4 aromatic carbocycles. The van der Waals surface area contributed by atoms with E-state index in [-0.39, 0.29) is 19.8 Å². The average Bonchev–Trinajstić information content (AvgIpc) is 2.74. The second-order valence-electron chi connectivity index (χ2n) is 5.81. The number of anilines is 2. The molecular formula is C24H20N2O2Os. The Morgan fingerprint density at radius 1 is 0.448 bits per heavy atom. The first-order valence-electron chi connectivity index (χ1n) is 8.68. The van der Waals surface area contributed by atoms with Gasteiger partial charge in [-0.15, -0.1) is 24.3 Å². The predicted molar refractivity (Wildman–Crippen MR) is 112 cm³/mol. The van der Waals surface area contributed by atoms with Crippen molar-refractivity contribution in [1.82, 2.24) is 0 Å². The van der Waals surface area contributed by atoms with E-state index >= 15 is 0 Å². The van der Waals surface area contributed by atoms with Crippen molar-refractivity contribution in [3.05, 3.63) is 109 Å². The molecule has 0 unspecified atom stereocenters. The molecule has 4 rings (SSSR count). The minimum atomic E-state index is 0. The molecule has 4 N–H and O–H groups in total. The molecule has 0 aromatic heterocycles. The molecule has 0 saturated heterocycles. The van der Waals surface area contributed by atoms with Crippen LogP contribution in [-0.2, 0) is 19.8 Å². The summed E-state index contributed by atoms with van der Waals surface area (Å²) in [6.45, 7) is 0. The molecule has 0 bridgehead atoms. The zero-order chi connectivity index (χ0) is 19.6. The van der Waals surface area contributed by atoms with E-state index in [1.807, 2.05) is 97.1 Å². The van der Waals surface area contributed by atoms with Gasteiger partial charge in [-0.05, 0) is 48.5 Å². The molecule has 4 aromatic rings. The third kappa shape index (κ3) is 7.69. The van der Waals surface area contributed by atoms with Crippen LogP contribution < -0.4 is 20.9 Å². The quantitative estimate of drug-likeness (QED) is 0.248. The Bertz CT molecular complexity index is 878. The molecular weight excluding hydrogens is 539 g/mol. The molecule has 4 nitrogen and oxygen atoms in total. The Kier molecular flexibility index (Phi) is 8.75. The van der Waals surface area contributed by atoms with E-state index in [1.165, 1.54) is 0 Å². The monoisotopic (exact) mass is 560 g/mol. The van der Waals surface area contributed by atoms with Gasteiger partial charge in [0.05, 0.1) is 0 Å². The van der Waals surface area contributed by atoms with Gasteiger partial charge < -0.3 is 20.9 Å². The van der Waals surface area contributed by atoms with E-state index in [0.29, 0.717) is 0 Å². The van der Waals surface area contributed by atoms with Crippen molar-refractivity contribution in [2.45, 2.75) is 0 Å². The summed E-state index contributed by atoms with van der Waals surface area (Å²) in [5.41, 5.74) is 12.6. The van der Waals surface area contributed by atoms with Crippen LogP contribution in [0.3, 0.4) is 0 Å². The van der Waals surface area contributed by atoms with Crippen LogP contribution in [0.15, 0.2) is 97.1 Å². The van der Waals surface area contributed by atoms with E-state index in [1.54, 1.807) is 0 Å². The Hall–Kier alpha value is -3.28. The van der Waals surface area contributed by atoms with Crippen LogP contribution in [0.1, 0.15) is 0 Å². The molecule has 29 heavy (non-hydrogen) atoms. The molecule has 0 heterocycles. The zero-order valence-electron chi connectivity index (χ0n) is 15.6.